The van der Waals surface area contributed by atoms with Gasteiger partial charge in [-0.15, -0.1) is 0 Å². The van der Waals surface area contributed by atoms with Crippen LogP contribution in [-0.4, -0.2) is 5.78 Å². The molecule has 0 bridgehead atoms. The fourth-order valence-electron chi connectivity index (χ4n) is 1.65. The van der Waals surface area contributed by atoms with Gasteiger partial charge in [-0.25, -0.2) is 0 Å². The highest BCUT2D eigenvalue weighted by molar-refractivity contribution is 6.36. The van der Waals surface area contributed by atoms with E-state index in [-0.39, 0.29) is 5.78 Å². The number of carbonyl (C=O) groups excluding carboxylic acids is 1. The lowest BCUT2D eigenvalue weighted by atomic mass is 10.1. The fraction of sp³-hybridized carbons (Fsp3) is 0.250. The van der Waals surface area contributed by atoms with Crippen LogP contribution in [-0.2, 0) is 0 Å². The summed E-state index contributed by atoms with van der Waals surface area (Å²) in [6.45, 7) is 5.36. The number of halogens is 1. The van der Waals surface area contributed by atoms with Crippen molar-refractivity contribution in [3.8, 4) is 0 Å². The molecule has 2 aromatic rings. The highest BCUT2D eigenvalue weighted by atomic mass is 35.5. The number of Topliss-reactive ketones (excluding diaryl/α,β-unsaturated/α-hetero) is 1. The third kappa shape index (κ3) is 1.55. The van der Waals surface area contributed by atoms with Crippen LogP contribution in [0.25, 0.3) is 11.0 Å². The van der Waals surface area contributed by atoms with E-state index in [1.807, 2.05) is 13.8 Å². The van der Waals surface area contributed by atoms with Crippen LogP contribution in [0.2, 0.25) is 5.02 Å². The Morgan fingerprint density at radius 1 is 1.33 bits per heavy atom. The smallest absolute Gasteiger partial charge is 0.159 e. The first kappa shape index (κ1) is 10.2. The molecule has 0 aliphatic rings. The molecule has 0 N–H and O–H groups in total. The lowest BCUT2D eigenvalue weighted by Crippen LogP contribution is -1.91. The molecule has 0 atom stereocenters. The minimum absolute atomic E-state index is 0.00879. The molecule has 1 heterocycles. The van der Waals surface area contributed by atoms with E-state index in [2.05, 4.69) is 0 Å². The number of rotatable bonds is 1. The Hall–Kier alpha value is -1.28. The molecular formula is C12H11ClO2. The van der Waals surface area contributed by atoms with Gasteiger partial charge in [0.25, 0.3) is 0 Å². The molecule has 0 aliphatic heterocycles. The SMILES string of the molecule is CC(=O)c1cc(Cl)c2c(C)c(C)oc2c1. The third-order valence-corrected chi connectivity index (χ3v) is 2.92. The van der Waals surface area contributed by atoms with E-state index in [0.29, 0.717) is 16.2 Å². The first-order chi connectivity index (χ1) is 7.00. The van der Waals surface area contributed by atoms with Gasteiger partial charge in [-0.3, -0.25) is 4.79 Å². The zero-order chi connectivity index (χ0) is 11.2. The average molecular weight is 223 g/mol. The van der Waals surface area contributed by atoms with Gasteiger partial charge in [0.05, 0.1) is 5.02 Å². The van der Waals surface area contributed by atoms with E-state index in [1.54, 1.807) is 12.1 Å². The number of benzene rings is 1. The molecule has 0 unspecified atom stereocenters. The summed E-state index contributed by atoms with van der Waals surface area (Å²) in [4.78, 5) is 11.2. The van der Waals surface area contributed by atoms with Gasteiger partial charge >= 0.3 is 0 Å². The van der Waals surface area contributed by atoms with Crippen molar-refractivity contribution in [3.05, 3.63) is 34.0 Å². The van der Waals surface area contributed by atoms with E-state index in [9.17, 15) is 4.79 Å². The number of furan rings is 1. The van der Waals surface area contributed by atoms with Crippen molar-refractivity contribution < 1.29 is 9.21 Å². The lowest BCUT2D eigenvalue weighted by molar-refractivity contribution is 0.101. The molecule has 1 aromatic carbocycles. The molecule has 0 amide bonds. The molecule has 0 saturated heterocycles. The Kier molecular flexibility index (Phi) is 2.31. The van der Waals surface area contributed by atoms with Crippen LogP contribution >= 0.6 is 11.6 Å². The van der Waals surface area contributed by atoms with E-state index in [1.165, 1.54) is 6.92 Å². The van der Waals surface area contributed by atoms with Crippen molar-refractivity contribution in [3.63, 3.8) is 0 Å². The highest BCUT2D eigenvalue weighted by Crippen LogP contribution is 2.32. The first-order valence-electron chi connectivity index (χ1n) is 4.71. The average Bonchev–Trinajstić information content (AvgIpc) is 2.42. The van der Waals surface area contributed by atoms with E-state index >= 15 is 0 Å². The Bertz CT molecular complexity index is 552. The van der Waals surface area contributed by atoms with Crippen LogP contribution in [0, 0.1) is 13.8 Å². The predicted molar refractivity (Wildman–Crippen MR) is 60.7 cm³/mol. The molecule has 15 heavy (non-hydrogen) atoms. The van der Waals surface area contributed by atoms with Gasteiger partial charge < -0.3 is 4.42 Å². The maximum atomic E-state index is 11.2. The van der Waals surface area contributed by atoms with Crippen LogP contribution in [0.1, 0.15) is 28.6 Å². The summed E-state index contributed by atoms with van der Waals surface area (Å²) in [6.07, 6.45) is 0. The van der Waals surface area contributed by atoms with Crippen LogP contribution in [0.3, 0.4) is 0 Å². The summed E-state index contributed by atoms with van der Waals surface area (Å²) >= 11 is 6.11. The van der Waals surface area contributed by atoms with Gasteiger partial charge in [-0.1, -0.05) is 11.6 Å². The van der Waals surface area contributed by atoms with Crippen molar-refractivity contribution in [2.24, 2.45) is 0 Å². The molecule has 0 fully saturated rings. The van der Waals surface area contributed by atoms with Crippen molar-refractivity contribution in [1.82, 2.24) is 0 Å². The van der Waals surface area contributed by atoms with Crippen molar-refractivity contribution >= 4 is 28.4 Å². The molecular weight excluding hydrogens is 212 g/mol. The van der Waals surface area contributed by atoms with Crippen LogP contribution in [0.4, 0.5) is 0 Å². The molecule has 0 aliphatic carbocycles. The van der Waals surface area contributed by atoms with Crippen LogP contribution < -0.4 is 0 Å². The summed E-state index contributed by atoms with van der Waals surface area (Å²) in [5, 5.41) is 1.48. The van der Waals surface area contributed by atoms with Crippen molar-refractivity contribution in [2.45, 2.75) is 20.8 Å². The maximum Gasteiger partial charge on any atom is 0.159 e. The normalized spacial score (nSPS) is 10.9. The Morgan fingerprint density at radius 2 is 2.00 bits per heavy atom. The summed E-state index contributed by atoms with van der Waals surface area (Å²) in [5.41, 5.74) is 2.30. The number of hydrogen-bond donors (Lipinski definition) is 0. The van der Waals surface area contributed by atoms with Gasteiger partial charge in [0.1, 0.15) is 11.3 Å². The predicted octanol–water partition coefficient (Wildman–Crippen LogP) is 3.91. The lowest BCUT2D eigenvalue weighted by Gasteiger charge is -1.98. The topological polar surface area (TPSA) is 30.2 Å². The number of hydrogen-bond acceptors (Lipinski definition) is 2. The van der Waals surface area contributed by atoms with Crippen molar-refractivity contribution in [2.75, 3.05) is 0 Å². The summed E-state index contributed by atoms with van der Waals surface area (Å²) < 4.78 is 5.53. The third-order valence-electron chi connectivity index (χ3n) is 2.63. The monoisotopic (exact) mass is 222 g/mol. The highest BCUT2D eigenvalue weighted by Gasteiger charge is 2.13. The second-order valence-electron chi connectivity index (χ2n) is 3.67. The Labute approximate surface area is 92.8 Å². The summed E-state index contributed by atoms with van der Waals surface area (Å²) in [6, 6.07) is 3.43. The molecule has 2 rings (SSSR count). The van der Waals surface area contributed by atoms with Gasteiger partial charge in [-0.05, 0) is 38.5 Å². The van der Waals surface area contributed by atoms with Crippen molar-refractivity contribution in [1.29, 1.82) is 0 Å². The van der Waals surface area contributed by atoms with E-state index < -0.39 is 0 Å². The zero-order valence-corrected chi connectivity index (χ0v) is 9.61. The largest absolute Gasteiger partial charge is 0.461 e. The molecule has 0 radical (unpaired) electrons. The minimum atomic E-state index is -0.00879. The molecule has 3 heteroatoms. The summed E-state index contributed by atoms with van der Waals surface area (Å²) in [5.74, 6) is 0.832. The second-order valence-corrected chi connectivity index (χ2v) is 4.08. The molecule has 0 spiro atoms. The second kappa shape index (κ2) is 3.38. The zero-order valence-electron chi connectivity index (χ0n) is 8.85. The molecule has 0 saturated carbocycles. The fourth-order valence-corrected chi connectivity index (χ4v) is 2.00. The first-order valence-corrected chi connectivity index (χ1v) is 5.08. The maximum absolute atomic E-state index is 11.2. The molecule has 78 valence electrons. The number of carbonyl (C=O) groups is 1. The molecule has 2 nitrogen and oxygen atoms in total. The van der Waals surface area contributed by atoms with Gasteiger partial charge in [-0.2, -0.15) is 0 Å². The van der Waals surface area contributed by atoms with E-state index in [4.69, 9.17) is 16.0 Å². The van der Waals surface area contributed by atoms with Crippen LogP contribution in [0.15, 0.2) is 16.5 Å². The number of aryl methyl sites for hydroxylation is 2. The number of fused-ring (bicyclic) bond motifs is 1. The number of ketones is 1. The quantitative estimate of drug-likeness (QED) is 0.685. The van der Waals surface area contributed by atoms with Gasteiger partial charge in [0.15, 0.2) is 5.78 Å². The van der Waals surface area contributed by atoms with Crippen LogP contribution in [0.5, 0.6) is 0 Å². The van der Waals surface area contributed by atoms with Gasteiger partial charge in [0, 0.05) is 10.9 Å². The standard InChI is InChI=1S/C12H11ClO2/c1-6-8(3)15-11-5-9(7(2)14)4-10(13)12(6)11/h4-5H,1-3H3. The Balaban J connectivity index is 2.84. The summed E-state index contributed by atoms with van der Waals surface area (Å²) in [7, 11) is 0. The minimum Gasteiger partial charge on any atom is -0.461 e. The Morgan fingerprint density at radius 3 is 2.60 bits per heavy atom. The van der Waals surface area contributed by atoms with E-state index in [0.717, 1.165) is 16.7 Å². The van der Waals surface area contributed by atoms with Gasteiger partial charge in [0.2, 0.25) is 0 Å². The molecule has 1 aromatic heterocycles.